The molecule has 2 bridgehead atoms. The van der Waals surface area contributed by atoms with Crippen LogP contribution in [-0.4, -0.2) is 93.6 Å². The summed E-state index contributed by atoms with van der Waals surface area (Å²) in [6.07, 6.45) is 13.6. The van der Waals surface area contributed by atoms with Crippen molar-refractivity contribution >= 4 is 17.7 Å². The summed E-state index contributed by atoms with van der Waals surface area (Å²) >= 11 is 0. The summed E-state index contributed by atoms with van der Waals surface area (Å²) in [7, 11) is 0. The Morgan fingerprint density at radius 1 is 1.05 bits per heavy atom. The van der Waals surface area contributed by atoms with E-state index in [2.05, 4.69) is 13.2 Å². The molecule has 0 aromatic carbocycles. The number of hydrogen-bond acceptors (Lipinski definition) is 5. The molecule has 1 saturated carbocycles. The van der Waals surface area contributed by atoms with E-state index in [0.29, 0.717) is 58.3 Å². The summed E-state index contributed by atoms with van der Waals surface area (Å²) in [5, 5.41) is 9.31. The molecule has 2 unspecified atom stereocenters. The minimum absolute atomic E-state index is 0.0490. The molecule has 3 heterocycles. The molecule has 0 aromatic rings. The second-order valence-electron chi connectivity index (χ2n) is 12.3. The predicted molar refractivity (Wildman–Crippen MR) is 155 cm³/mol. The molecule has 8 heteroatoms. The number of ether oxygens (including phenoxy) is 1. The molecule has 1 spiro atoms. The first kappa shape index (κ1) is 30.8. The topological polar surface area (TPSA) is 90.4 Å². The van der Waals surface area contributed by atoms with Gasteiger partial charge in [0.2, 0.25) is 17.7 Å². The molecule has 4 rings (SSSR count). The standard InChI is InChI=1S/C32H51N3O5/c1-5-19-33(20-6-2)28(37)25-26-29(38)35(22-13-10-14-23-36)27(32(26)18-17-31(25,8-4)40-32)30(39)34(21-7-3)24-15-11-9-12-16-24/h5,7,24-27,36H,1,3,6,8-23H2,2,4H3/t25-,26+,27?,31+,32?/m1/s1. The number of aliphatic hydroxyl groups excluding tert-OH is 1. The summed E-state index contributed by atoms with van der Waals surface area (Å²) in [6, 6.07) is -0.615. The van der Waals surface area contributed by atoms with E-state index in [1.165, 1.54) is 6.42 Å². The zero-order valence-electron chi connectivity index (χ0n) is 24.8. The van der Waals surface area contributed by atoms with E-state index in [1.807, 2.05) is 23.6 Å². The average molecular weight is 558 g/mol. The minimum Gasteiger partial charge on any atom is -0.396 e. The van der Waals surface area contributed by atoms with Crippen molar-refractivity contribution in [3.05, 3.63) is 25.3 Å². The van der Waals surface area contributed by atoms with E-state index in [0.717, 1.165) is 38.5 Å². The van der Waals surface area contributed by atoms with Crippen LogP contribution in [0, 0.1) is 11.8 Å². The van der Waals surface area contributed by atoms with Crippen LogP contribution in [0.15, 0.2) is 25.3 Å². The number of fused-ring (bicyclic) bond motifs is 1. The first-order valence-corrected chi connectivity index (χ1v) is 15.8. The number of unbranched alkanes of at least 4 members (excludes halogenated alkanes) is 2. The lowest BCUT2D eigenvalue weighted by Crippen LogP contribution is -2.58. The number of carbonyl (C=O) groups is 3. The van der Waals surface area contributed by atoms with Gasteiger partial charge in [0, 0.05) is 38.8 Å². The second kappa shape index (κ2) is 13.2. The van der Waals surface area contributed by atoms with Gasteiger partial charge in [0.25, 0.3) is 0 Å². The van der Waals surface area contributed by atoms with E-state index >= 15 is 0 Å². The first-order valence-electron chi connectivity index (χ1n) is 15.8. The number of carbonyl (C=O) groups excluding carboxylic acids is 3. The fraction of sp³-hybridized carbons (Fsp3) is 0.781. The highest BCUT2D eigenvalue weighted by atomic mass is 16.5. The SMILES string of the molecule is C=CCN(CCC)C(=O)[C@H]1[C@H]2C(=O)N(CCCCCO)C(C(=O)N(CC=C)C3CCCCC3)C23CC[C@]1(CC)O3. The molecule has 3 aliphatic heterocycles. The second-order valence-corrected chi connectivity index (χ2v) is 12.3. The molecule has 1 N–H and O–H groups in total. The van der Waals surface area contributed by atoms with Gasteiger partial charge in [-0.25, -0.2) is 0 Å². The van der Waals surface area contributed by atoms with E-state index in [4.69, 9.17) is 4.74 Å². The maximum absolute atomic E-state index is 14.7. The van der Waals surface area contributed by atoms with E-state index in [9.17, 15) is 19.5 Å². The third-order valence-electron chi connectivity index (χ3n) is 10.0. The van der Waals surface area contributed by atoms with Gasteiger partial charge in [0.05, 0.1) is 17.4 Å². The zero-order valence-corrected chi connectivity index (χ0v) is 24.8. The zero-order chi connectivity index (χ0) is 28.9. The molecule has 224 valence electrons. The van der Waals surface area contributed by atoms with Crippen LogP contribution in [0.25, 0.3) is 0 Å². The van der Waals surface area contributed by atoms with Crippen LogP contribution in [-0.2, 0) is 19.1 Å². The van der Waals surface area contributed by atoms with Crippen LogP contribution < -0.4 is 0 Å². The van der Waals surface area contributed by atoms with Crippen molar-refractivity contribution in [3.8, 4) is 0 Å². The molecule has 3 amide bonds. The highest BCUT2D eigenvalue weighted by Crippen LogP contribution is 2.64. The lowest BCUT2D eigenvalue weighted by atomic mass is 9.64. The molecule has 40 heavy (non-hydrogen) atoms. The van der Waals surface area contributed by atoms with Crippen molar-refractivity contribution < 1.29 is 24.2 Å². The van der Waals surface area contributed by atoms with Gasteiger partial charge in [-0.15, -0.1) is 13.2 Å². The highest BCUT2D eigenvalue weighted by molar-refractivity contribution is 5.99. The molecule has 0 aromatic heterocycles. The summed E-state index contributed by atoms with van der Waals surface area (Å²) in [4.78, 5) is 48.8. The van der Waals surface area contributed by atoms with Gasteiger partial charge in [-0.2, -0.15) is 0 Å². The summed E-state index contributed by atoms with van der Waals surface area (Å²) in [5.74, 6) is -1.49. The Bertz CT molecular complexity index is 949. The van der Waals surface area contributed by atoms with Gasteiger partial charge in [-0.3, -0.25) is 14.4 Å². The summed E-state index contributed by atoms with van der Waals surface area (Å²) < 4.78 is 6.99. The van der Waals surface area contributed by atoms with Crippen LogP contribution >= 0.6 is 0 Å². The lowest BCUT2D eigenvalue weighted by Gasteiger charge is -2.41. The Balaban J connectivity index is 1.75. The Morgan fingerprint density at radius 2 is 1.77 bits per heavy atom. The van der Waals surface area contributed by atoms with Gasteiger partial charge >= 0.3 is 0 Å². The Hall–Kier alpha value is -2.19. The number of hydrogen-bond donors (Lipinski definition) is 1. The van der Waals surface area contributed by atoms with Gasteiger partial charge in [-0.1, -0.05) is 45.3 Å². The summed E-state index contributed by atoms with van der Waals surface area (Å²) in [5.41, 5.74) is -1.73. The molecule has 4 aliphatic rings. The normalized spacial score (nSPS) is 31.3. The lowest BCUT2D eigenvalue weighted by molar-refractivity contribution is -0.156. The molecule has 5 atom stereocenters. The fourth-order valence-electron chi connectivity index (χ4n) is 8.21. The highest BCUT2D eigenvalue weighted by Gasteiger charge is 2.79. The maximum Gasteiger partial charge on any atom is 0.248 e. The van der Waals surface area contributed by atoms with Crippen LogP contribution in [0.2, 0.25) is 0 Å². The predicted octanol–water partition coefficient (Wildman–Crippen LogP) is 4.08. The summed E-state index contributed by atoms with van der Waals surface area (Å²) in [6.45, 7) is 13.9. The first-order chi connectivity index (χ1) is 19.4. The molecule has 4 fully saturated rings. The number of aliphatic hydroxyl groups is 1. The monoisotopic (exact) mass is 557 g/mol. The van der Waals surface area contributed by atoms with Crippen molar-refractivity contribution in [2.24, 2.45) is 11.8 Å². The molecular formula is C32H51N3O5. The Kier molecular flexibility index (Phi) is 10.1. The van der Waals surface area contributed by atoms with Crippen LogP contribution in [0.3, 0.4) is 0 Å². The molecule has 0 radical (unpaired) electrons. The quantitative estimate of drug-likeness (QED) is 0.242. The molecule has 3 saturated heterocycles. The van der Waals surface area contributed by atoms with Gasteiger partial charge in [0.15, 0.2) is 0 Å². The third kappa shape index (κ3) is 5.26. The van der Waals surface area contributed by atoms with E-state index < -0.39 is 29.1 Å². The fourth-order valence-corrected chi connectivity index (χ4v) is 8.21. The Morgan fingerprint density at radius 3 is 2.40 bits per heavy atom. The largest absolute Gasteiger partial charge is 0.396 e. The maximum atomic E-state index is 14.7. The van der Waals surface area contributed by atoms with Crippen LogP contribution in [0.4, 0.5) is 0 Å². The molecule has 1 aliphatic carbocycles. The third-order valence-corrected chi connectivity index (χ3v) is 10.0. The van der Waals surface area contributed by atoms with Crippen molar-refractivity contribution in [3.63, 3.8) is 0 Å². The van der Waals surface area contributed by atoms with Crippen molar-refractivity contribution in [1.82, 2.24) is 14.7 Å². The van der Waals surface area contributed by atoms with Crippen LogP contribution in [0.1, 0.15) is 90.9 Å². The van der Waals surface area contributed by atoms with E-state index in [1.54, 1.807) is 17.1 Å². The smallest absolute Gasteiger partial charge is 0.248 e. The Labute approximate surface area is 240 Å². The number of likely N-dealkylation sites (tertiary alicyclic amines) is 1. The van der Waals surface area contributed by atoms with Gasteiger partial charge in [-0.05, 0) is 57.8 Å². The average Bonchev–Trinajstić information content (AvgIpc) is 3.57. The molecular weight excluding hydrogens is 506 g/mol. The van der Waals surface area contributed by atoms with Gasteiger partial charge < -0.3 is 24.5 Å². The van der Waals surface area contributed by atoms with Crippen molar-refractivity contribution in [1.29, 1.82) is 0 Å². The van der Waals surface area contributed by atoms with Gasteiger partial charge in [0.1, 0.15) is 11.6 Å². The molecule has 8 nitrogen and oxygen atoms in total. The minimum atomic E-state index is -0.998. The number of rotatable bonds is 15. The van der Waals surface area contributed by atoms with Crippen molar-refractivity contribution in [2.75, 3.05) is 32.8 Å². The van der Waals surface area contributed by atoms with Crippen LogP contribution in [0.5, 0.6) is 0 Å². The van der Waals surface area contributed by atoms with Crippen molar-refractivity contribution in [2.45, 2.75) is 114 Å². The van der Waals surface area contributed by atoms with E-state index in [-0.39, 0.29) is 30.4 Å². The number of nitrogens with zero attached hydrogens (tertiary/aromatic N) is 3. The number of amides is 3.